The van der Waals surface area contributed by atoms with Crippen LogP contribution in [0.1, 0.15) is 41.6 Å². The van der Waals surface area contributed by atoms with Gasteiger partial charge in [-0.1, -0.05) is 65.7 Å². The van der Waals surface area contributed by atoms with Crippen LogP contribution in [0.25, 0.3) is 17.2 Å². The Balaban J connectivity index is 2.02. The van der Waals surface area contributed by atoms with Crippen molar-refractivity contribution in [2.45, 2.75) is 39.3 Å². The minimum atomic E-state index is -0.903. The average Bonchev–Trinajstić information content (AvgIpc) is 2.92. The van der Waals surface area contributed by atoms with Crippen molar-refractivity contribution >= 4 is 20.1 Å². The molecule has 0 aromatic heterocycles. The molecular formula is C20H22Si. The Morgan fingerprint density at radius 1 is 1.05 bits per heavy atom. The molecule has 0 saturated heterocycles. The summed E-state index contributed by atoms with van der Waals surface area (Å²) >= 11 is 0. The van der Waals surface area contributed by atoms with E-state index in [2.05, 4.69) is 64.1 Å². The molecule has 0 amide bonds. The van der Waals surface area contributed by atoms with E-state index >= 15 is 0 Å². The number of hydrogen-bond donors (Lipinski definition) is 0. The maximum atomic E-state index is 2.51. The molecular weight excluding hydrogens is 268 g/mol. The summed E-state index contributed by atoms with van der Waals surface area (Å²) in [5, 5.41) is 1.72. The molecule has 0 saturated carbocycles. The second kappa shape index (κ2) is 4.44. The van der Waals surface area contributed by atoms with Crippen LogP contribution in [0.5, 0.6) is 0 Å². The highest BCUT2D eigenvalue weighted by atomic mass is 28.3. The van der Waals surface area contributed by atoms with E-state index in [4.69, 9.17) is 0 Å². The predicted octanol–water partition coefficient (Wildman–Crippen LogP) is 4.48. The van der Waals surface area contributed by atoms with Gasteiger partial charge in [0, 0.05) is 5.54 Å². The Hall–Kier alpha value is -1.60. The zero-order valence-corrected chi connectivity index (χ0v) is 14.5. The molecule has 1 heteroatoms. The molecule has 0 radical (unpaired) electrons. The van der Waals surface area contributed by atoms with Crippen LogP contribution in [0.2, 0.25) is 6.04 Å². The van der Waals surface area contributed by atoms with E-state index in [9.17, 15) is 0 Å². The summed E-state index contributed by atoms with van der Waals surface area (Å²) in [5.41, 5.74) is 11.4. The van der Waals surface area contributed by atoms with Gasteiger partial charge in [-0.25, -0.2) is 0 Å². The van der Waals surface area contributed by atoms with Crippen molar-refractivity contribution in [3.63, 3.8) is 0 Å². The molecule has 2 atom stereocenters. The summed E-state index contributed by atoms with van der Waals surface area (Å²) in [7, 11) is -0.903. The minimum Gasteiger partial charge on any atom is -0.0678 e. The topological polar surface area (TPSA) is 0 Å². The van der Waals surface area contributed by atoms with E-state index in [0.29, 0.717) is 0 Å². The van der Waals surface area contributed by atoms with Gasteiger partial charge in [0.2, 0.25) is 0 Å². The van der Waals surface area contributed by atoms with Crippen molar-refractivity contribution < 1.29 is 0 Å². The number of aryl methyl sites for hydroxylation is 2. The largest absolute Gasteiger partial charge is 0.0834 e. The molecule has 0 spiro atoms. The first-order valence-electron chi connectivity index (χ1n) is 8.04. The second-order valence-corrected chi connectivity index (χ2v) is 10.0. The fourth-order valence-corrected chi connectivity index (χ4v) is 8.34. The molecule has 2 bridgehead atoms. The third-order valence-electron chi connectivity index (χ3n) is 5.40. The Morgan fingerprint density at radius 3 is 2.43 bits per heavy atom. The van der Waals surface area contributed by atoms with Crippen molar-refractivity contribution in [2.75, 3.05) is 0 Å². The summed E-state index contributed by atoms with van der Waals surface area (Å²) in [6, 6.07) is 13.0. The summed E-state index contributed by atoms with van der Waals surface area (Å²) in [5.74, 6) is 0. The predicted molar refractivity (Wildman–Crippen MR) is 95.0 cm³/mol. The van der Waals surface area contributed by atoms with E-state index in [0.717, 1.165) is 5.54 Å². The number of rotatable bonds is 2. The number of benzene rings is 2. The fraction of sp³-hybridized carbons (Fsp3) is 0.300. The molecule has 4 rings (SSSR count). The van der Waals surface area contributed by atoms with Crippen molar-refractivity contribution in [3.05, 3.63) is 58.2 Å². The van der Waals surface area contributed by atoms with Gasteiger partial charge in [-0.15, -0.1) is 0 Å². The van der Waals surface area contributed by atoms with Crippen LogP contribution < -0.4 is 5.19 Å². The zero-order chi connectivity index (χ0) is 14.7. The standard InChI is InChI=1S/C20H22Si/c1-5-21-17-11-13(3)16-10-14(4)20(21)19(16)18(17)15-8-6-12(2)7-9-15/h6-11,20-21H,5H2,1-4H3. The first kappa shape index (κ1) is 13.1. The van der Waals surface area contributed by atoms with E-state index in [-0.39, 0.29) is 0 Å². The van der Waals surface area contributed by atoms with Crippen molar-refractivity contribution in [3.8, 4) is 11.1 Å². The Kier molecular flexibility index (Phi) is 2.77. The number of allylic oxidation sites excluding steroid dienone is 1. The number of fused-ring (bicyclic) bond motifs is 1. The molecule has 106 valence electrons. The van der Waals surface area contributed by atoms with E-state index in [1.807, 2.05) is 0 Å². The molecule has 1 aliphatic carbocycles. The summed E-state index contributed by atoms with van der Waals surface area (Å²) < 4.78 is 0. The third kappa shape index (κ3) is 1.67. The summed E-state index contributed by atoms with van der Waals surface area (Å²) in [6.07, 6.45) is 2.46. The molecule has 1 heterocycles. The van der Waals surface area contributed by atoms with Crippen LogP contribution in [-0.4, -0.2) is 8.80 Å². The molecule has 0 N–H and O–H groups in total. The minimum absolute atomic E-state index is 0.769. The highest BCUT2D eigenvalue weighted by molar-refractivity contribution is 6.78. The second-order valence-electron chi connectivity index (χ2n) is 6.73. The smallest absolute Gasteiger partial charge is 0.0678 e. The lowest BCUT2D eigenvalue weighted by atomic mass is 9.93. The summed E-state index contributed by atoms with van der Waals surface area (Å²) in [6.45, 7) is 9.20. The van der Waals surface area contributed by atoms with Gasteiger partial charge in [-0.3, -0.25) is 0 Å². The van der Waals surface area contributed by atoms with Crippen molar-refractivity contribution in [1.82, 2.24) is 0 Å². The van der Waals surface area contributed by atoms with Gasteiger partial charge in [-0.2, -0.15) is 0 Å². The SMILES string of the molecule is CC[SiH]1c2cc(C)c3c(c2-c2ccc(C)cc2)C1C(C)=C3. The molecule has 1 aliphatic heterocycles. The highest BCUT2D eigenvalue weighted by Gasteiger charge is 2.42. The van der Waals surface area contributed by atoms with Gasteiger partial charge in [-0.05, 0) is 48.6 Å². The summed E-state index contributed by atoms with van der Waals surface area (Å²) in [4.78, 5) is 0. The monoisotopic (exact) mass is 290 g/mol. The van der Waals surface area contributed by atoms with Gasteiger partial charge in [0.1, 0.15) is 0 Å². The highest BCUT2D eigenvalue weighted by Crippen LogP contribution is 2.49. The molecule has 0 fully saturated rings. The van der Waals surface area contributed by atoms with Crippen molar-refractivity contribution in [2.24, 2.45) is 0 Å². The van der Waals surface area contributed by atoms with Gasteiger partial charge >= 0.3 is 0 Å². The van der Waals surface area contributed by atoms with Crippen LogP contribution >= 0.6 is 0 Å². The zero-order valence-electron chi connectivity index (χ0n) is 13.3. The number of hydrogen-bond acceptors (Lipinski definition) is 0. The van der Waals surface area contributed by atoms with Crippen LogP contribution in [0, 0.1) is 13.8 Å². The Bertz CT molecular complexity index is 765. The van der Waals surface area contributed by atoms with Gasteiger partial charge in [0.15, 0.2) is 0 Å². The van der Waals surface area contributed by atoms with E-state index < -0.39 is 8.80 Å². The quantitative estimate of drug-likeness (QED) is 0.716. The lowest BCUT2D eigenvalue weighted by Gasteiger charge is -2.16. The average molecular weight is 290 g/mol. The molecule has 2 aliphatic rings. The third-order valence-corrected chi connectivity index (χ3v) is 9.20. The molecule has 0 nitrogen and oxygen atoms in total. The van der Waals surface area contributed by atoms with Crippen LogP contribution in [0.3, 0.4) is 0 Å². The lowest BCUT2D eigenvalue weighted by molar-refractivity contribution is 1.11. The van der Waals surface area contributed by atoms with E-state index in [1.165, 1.54) is 28.3 Å². The van der Waals surface area contributed by atoms with Gasteiger partial charge in [0.25, 0.3) is 0 Å². The molecule has 21 heavy (non-hydrogen) atoms. The van der Waals surface area contributed by atoms with Gasteiger partial charge < -0.3 is 0 Å². The van der Waals surface area contributed by atoms with Crippen LogP contribution in [0.4, 0.5) is 0 Å². The first-order valence-corrected chi connectivity index (χ1v) is 10.1. The van der Waals surface area contributed by atoms with Gasteiger partial charge in [0.05, 0.1) is 8.80 Å². The van der Waals surface area contributed by atoms with Crippen LogP contribution in [-0.2, 0) is 0 Å². The Labute approximate surface area is 129 Å². The fourth-order valence-electron chi connectivity index (χ4n) is 4.43. The Morgan fingerprint density at radius 2 is 1.76 bits per heavy atom. The molecule has 2 aromatic carbocycles. The molecule has 2 unspecified atom stereocenters. The maximum absolute atomic E-state index is 2.51. The van der Waals surface area contributed by atoms with E-state index in [1.54, 1.807) is 21.9 Å². The normalized spacial score (nSPS) is 21.8. The molecule has 2 aromatic rings. The first-order chi connectivity index (χ1) is 10.1. The van der Waals surface area contributed by atoms with Crippen LogP contribution in [0.15, 0.2) is 35.9 Å². The maximum Gasteiger partial charge on any atom is 0.0834 e. The lowest BCUT2D eigenvalue weighted by Crippen LogP contribution is -2.31. The van der Waals surface area contributed by atoms with Crippen molar-refractivity contribution in [1.29, 1.82) is 0 Å².